The van der Waals surface area contributed by atoms with Gasteiger partial charge in [-0.2, -0.15) is 0 Å². The van der Waals surface area contributed by atoms with Crippen LogP contribution >= 0.6 is 38.9 Å². The fraction of sp³-hybridized carbons (Fsp3) is 0.154. The van der Waals surface area contributed by atoms with Gasteiger partial charge in [0.25, 0.3) is 5.91 Å². The fourth-order valence-electron chi connectivity index (χ4n) is 1.59. The lowest BCUT2D eigenvalue weighted by atomic mass is 10.3. The van der Waals surface area contributed by atoms with E-state index >= 15 is 0 Å². The van der Waals surface area contributed by atoms with Crippen LogP contribution in [0.1, 0.15) is 15.2 Å². The molecule has 8 heteroatoms. The van der Waals surface area contributed by atoms with E-state index in [0.717, 1.165) is 15.6 Å². The lowest BCUT2D eigenvalue weighted by Gasteiger charge is -2.08. The van der Waals surface area contributed by atoms with Gasteiger partial charge in [-0.1, -0.05) is 11.6 Å². The van der Waals surface area contributed by atoms with Crippen LogP contribution in [0, 0.1) is 6.92 Å². The molecule has 1 amide bonds. The molecular weight excluding hydrogens is 398 g/mol. The second kappa shape index (κ2) is 6.08. The number of carbonyl (C=O) groups excluding carboxylic acids is 1. The van der Waals surface area contributed by atoms with Crippen LogP contribution in [0.2, 0.25) is 5.02 Å². The highest BCUT2D eigenvalue weighted by Crippen LogP contribution is 2.30. The van der Waals surface area contributed by atoms with E-state index in [1.807, 2.05) is 6.92 Å². The second-order valence-electron chi connectivity index (χ2n) is 4.44. The highest BCUT2D eigenvalue weighted by atomic mass is 79.9. The SMILES string of the molecule is Cc1cc(C(=O)Nc2cc(S(C)(=O)=O)ccc2Cl)sc1Br. The minimum absolute atomic E-state index is 0.103. The van der Waals surface area contributed by atoms with Gasteiger partial charge >= 0.3 is 0 Å². The Labute approximate surface area is 140 Å². The Morgan fingerprint density at radius 1 is 1.33 bits per heavy atom. The molecule has 0 aliphatic carbocycles. The van der Waals surface area contributed by atoms with Crippen molar-refractivity contribution in [2.24, 2.45) is 0 Å². The molecule has 0 saturated heterocycles. The van der Waals surface area contributed by atoms with Gasteiger partial charge in [0.15, 0.2) is 9.84 Å². The molecule has 1 aromatic carbocycles. The van der Waals surface area contributed by atoms with Crippen molar-refractivity contribution < 1.29 is 13.2 Å². The van der Waals surface area contributed by atoms with Crippen LogP contribution in [0.4, 0.5) is 5.69 Å². The fourth-order valence-corrected chi connectivity index (χ4v) is 3.83. The van der Waals surface area contributed by atoms with Gasteiger partial charge in [-0.25, -0.2) is 8.42 Å². The molecule has 21 heavy (non-hydrogen) atoms. The maximum absolute atomic E-state index is 12.2. The predicted octanol–water partition coefficient (Wildman–Crippen LogP) is 4.13. The standard InChI is InChI=1S/C13H11BrClNO3S2/c1-7-5-11(20-12(7)14)13(17)16-10-6-8(21(2,18)19)3-4-9(10)15/h3-6H,1-2H3,(H,16,17). The third kappa shape index (κ3) is 3.85. The molecule has 1 N–H and O–H groups in total. The van der Waals surface area contributed by atoms with Gasteiger partial charge in [-0.3, -0.25) is 4.79 Å². The van der Waals surface area contributed by atoms with Gasteiger partial charge in [0.2, 0.25) is 0 Å². The number of hydrogen-bond acceptors (Lipinski definition) is 4. The first-order valence-electron chi connectivity index (χ1n) is 5.75. The summed E-state index contributed by atoms with van der Waals surface area (Å²) in [6, 6.07) is 5.95. The van der Waals surface area contributed by atoms with Crippen molar-refractivity contribution in [1.82, 2.24) is 0 Å². The van der Waals surface area contributed by atoms with Crippen LogP contribution in [0.5, 0.6) is 0 Å². The molecule has 0 unspecified atom stereocenters. The summed E-state index contributed by atoms with van der Waals surface area (Å²) in [4.78, 5) is 12.8. The summed E-state index contributed by atoms with van der Waals surface area (Å²) in [5.74, 6) is -0.332. The first kappa shape index (κ1) is 16.5. The lowest BCUT2D eigenvalue weighted by Crippen LogP contribution is -2.11. The molecule has 1 heterocycles. The van der Waals surface area contributed by atoms with Gasteiger partial charge in [-0.05, 0) is 52.7 Å². The van der Waals surface area contributed by atoms with Gasteiger partial charge in [0, 0.05) is 6.26 Å². The quantitative estimate of drug-likeness (QED) is 0.830. The smallest absolute Gasteiger partial charge is 0.265 e. The van der Waals surface area contributed by atoms with Gasteiger partial charge < -0.3 is 5.32 Å². The number of halogens is 2. The van der Waals surface area contributed by atoms with E-state index in [4.69, 9.17) is 11.6 Å². The molecule has 4 nitrogen and oxygen atoms in total. The molecule has 0 saturated carbocycles. The van der Waals surface area contributed by atoms with E-state index < -0.39 is 9.84 Å². The largest absolute Gasteiger partial charge is 0.320 e. The van der Waals surface area contributed by atoms with Crippen molar-refractivity contribution in [3.63, 3.8) is 0 Å². The van der Waals surface area contributed by atoms with E-state index in [9.17, 15) is 13.2 Å². The molecule has 2 aromatic rings. The van der Waals surface area contributed by atoms with Crippen molar-refractivity contribution in [2.75, 3.05) is 11.6 Å². The maximum atomic E-state index is 12.2. The van der Waals surface area contributed by atoms with E-state index in [1.165, 1.54) is 29.5 Å². The molecule has 112 valence electrons. The minimum Gasteiger partial charge on any atom is -0.320 e. The Kier molecular flexibility index (Phi) is 4.77. The highest BCUT2D eigenvalue weighted by molar-refractivity contribution is 9.11. The zero-order chi connectivity index (χ0) is 15.8. The van der Waals surface area contributed by atoms with Gasteiger partial charge in [0.05, 0.1) is 24.3 Å². The molecule has 0 fully saturated rings. The van der Waals surface area contributed by atoms with Crippen molar-refractivity contribution >= 4 is 60.3 Å². The monoisotopic (exact) mass is 407 g/mol. The summed E-state index contributed by atoms with van der Waals surface area (Å²) in [6.07, 6.45) is 1.10. The van der Waals surface area contributed by atoms with Crippen LogP contribution in [-0.2, 0) is 9.84 Å². The van der Waals surface area contributed by atoms with Crippen molar-refractivity contribution in [3.8, 4) is 0 Å². The molecule has 2 rings (SSSR count). The number of benzene rings is 1. The van der Waals surface area contributed by atoms with E-state index in [2.05, 4.69) is 21.2 Å². The third-order valence-corrected chi connectivity index (χ3v) is 6.27. The molecule has 0 bridgehead atoms. The Balaban J connectivity index is 2.33. The number of thiophene rings is 1. The normalized spacial score (nSPS) is 11.4. The molecular formula is C13H11BrClNO3S2. The minimum atomic E-state index is -3.36. The summed E-state index contributed by atoms with van der Waals surface area (Å²) < 4.78 is 24.0. The summed E-state index contributed by atoms with van der Waals surface area (Å²) in [6.45, 7) is 1.88. The average molecular weight is 409 g/mol. The Hall–Kier alpha value is -0.890. The first-order valence-corrected chi connectivity index (χ1v) is 9.63. The summed E-state index contributed by atoms with van der Waals surface area (Å²) in [5, 5.41) is 2.91. The molecule has 0 atom stereocenters. The number of aryl methyl sites for hydroxylation is 1. The molecule has 0 radical (unpaired) electrons. The van der Waals surface area contributed by atoms with Gasteiger partial charge in [0.1, 0.15) is 0 Å². The average Bonchev–Trinajstić information content (AvgIpc) is 2.71. The summed E-state index contributed by atoms with van der Waals surface area (Å²) in [7, 11) is -3.36. The number of carbonyl (C=O) groups is 1. The zero-order valence-corrected chi connectivity index (χ0v) is 15.1. The number of amides is 1. The highest BCUT2D eigenvalue weighted by Gasteiger charge is 2.15. The van der Waals surface area contributed by atoms with Crippen LogP contribution in [0.25, 0.3) is 0 Å². The van der Waals surface area contributed by atoms with E-state index in [0.29, 0.717) is 4.88 Å². The van der Waals surface area contributed by atoms with Crippen LogP contribution in [0.3, 0.4) is 0 Å². The number of hydrogen-bond donors (Lipinski definition) is 1. The Morgan fingerprint density at radius 3 is 2.52 bits per heavy atom. The zero-order valence-electron chi connectivity index (χ0n) is 11.1. The summed E-state index contributed by atoms with van der Waals surface area (Å²) in [5.41, 5.74) is 1.23. The molecule has 0 spiro atoms. The first-order chi connectivity index (χ1) is 9.68. The summed E-state index contributed by atoms with van der Waals surface area (Å²) >= 11 is 10.7. The molecule has 0 aliphatic heterocycles. The maximum Gasteiger partial charge on any atom is 0.265 e. The second-order valence-corrected chi connectivity index (χ2v) is 9.23. The topological polar surface area (TPSA) is 63.2 Å². The van der Waals surface area contributed by atoms with Gasteiger partial charge in [-0.15, -0.1) is 11.3 Å². The lowest BCUT2D eigenvalue weighted by molar-refractivity contribution is 0.103. The van der Waals surface area contributed by atoms with Crippen molar-refractivity contribution in [1.29, 1.82) is 0 Å². The van der Waals surface area contributed by atoms with Crippen molar-refractivity contribution in [2.45, 2.75) is 11.8 Å². The Bertz CT molecular complexity index is 795. The van der Waals surface area contributed by atoms with E-state index in [-0.39, 0.29) is 21.5 Å². The predicted molar refractivity (Wildman–Crippen MR) is 89.3 cm³/mol. The third-order valence-electron chi connectivity index (χ3n) is 2.70. The Morgan fingerprint density at radius 2 is 2.00 bits per heavy atom. The van der Waals surface area contributed by atoms with E-state index in [1.54, 1.807) is 6.07 Å². The number of nitrogens with one attached hydrogen (secondary N) is 1. The van der Waals surface area contributed by atoms with Crippen LogP contribution in [0.15, 0.2) is 32.9 Å². The number of sulfone groups is 1. The number of anilines is 1. The van der Waals surface area contributed by atoms with Crippen molar-refractivity contribution in [3.05, 3.63) is 43.5 Å². The van der Waals surface area contributed by atoms with Crippen LogP contribution in [-0.4, -0.2) is 20.6 Å². The van der Waals surface area contributed by atoms with Crippen LogP contribution < -0.4 is 5.32 Å². The molecule has 1 aromatic heterocycles. The number of rotatable bonds is 3. The molecule has 0 aliphatic rings.